The summed E-state index contributed by atoms with van der Waals surface area (Å²) in [4.78, 5) is 8.93. The molecule has 1 aliphatic rings. The maximum Gasteiger partial charge on any atom is 0.171 e. The first-order valence-corrected chi connectivity index (χ1v) is 6.68. The highest BCUT2D eigenvalue weighted by Crippen LogP contribution is 2.25. The molecule has 1 N–H and O–H groups in total. The van der Waals surface area contributed by atoms with Crippen molar-refractivity contribution >= 4 is 5.82 Å². The van der Waals surface area contributed by atoms with Crippen molar-refractivity contribution in [2.45, 2.75) is 19.4 Å². The van der Waals surface area contributed by atoms with Gasteiger partial charge in [0.25, 0.3) is 0 Å². The van der Waals surface area contributed by atoms with Crippen LogP contribution >= 0.6 is 0 Å². The first-order chi connectivity index (χ1) is 8.99. The Morgan fingerprint density at radius 3 is 2.58 bits per heavy atom. The number of pyridine rings is 1. The van der Waals surface area contributed by atoms with Crippen molar-refractivity contribution in [1.82, 2.24) is 9.88 Å². The van der Waals surface area contributed by atoms with E-state index in [0.29, 0.717) is 6.54 Å². The van der Waals surface area contributed by atoms with Gasteiger partial charge in [-0.1, -0.05) is 0 Å². The predicted octanol–water partition coefficient (Wildman–Crippen LogP) is 0.983. The van der Waals surface area contributed by atoms with Gasteiger partial charge in [0, 0.05) is 38.9 Å². The van der Waals surface area contributed by atoms with Crippen molar-refractivity contribution in [3.63, 3.8) is 0 Å². The van der Waals surface area contributed by atoms with E-state index in [0.717, 1.165) is 37.7 Å². The monoisotopic (exact) mass is 265 g/mol. The van der Waals surface area contributed by atoms with Crippen molar-refractivity contribution in [2.24, 2.45) is 0 Å². The molecule has 1 aromatic heterocycles. The van der Waals surface area contributed by atoms with Gasteiger partial charge in [0.2, 0.25) is 0 Å². The third-order valence-corrected chi connectivity index (χ3v) is 3.25. The smallest absolute Gasteiger partial charge is 0.171 e. The molecule has 0 spiro atoms. The number of ether oxygens (including phenoxy) is 1. The molecule has 2 rings (SSSR count). The fourth-order valence-corrected chi connectivity index (χ4v) is 2.44. The van der Waals surface area contributed by atoms with Crippen LogP contribution in [0.4, 0.5) is 5.82 Å². The molecule has 0 atom stereocenters. The Labute approximate surface area is 114 Å². The topological polar surface area (TPSA) is 48.8 Å². The molecule has 5 nitrogen and oxygen atoms in total. The average molecular weight is 265 g/mol. The summed E-state index contributed by atoms with van der Waals surface area (Å²) in [6.07, 6.45) is 1.79. The molecule has 0 aliphatic carbocycles. The molecule has 5 heteroatoms. The van der Waals surface area contributed by atoms with Gasteiger partial charge in [-0.05, 0) is 26.0 Å². The van der Waals surface area contributed by atoms with Crippen LogP contribution < -0.4 is 9.64 Å². The number of aliphatic hydroxyl groups is 1. The Balaban J connectivity index is 1.96. The van der Waals surface area contributed by atoms with Gasteiger partial charge in [-0.2, -0.15) is 0 Å². The van der Waals surface area contributed by atoms with E-state index in [-0.39, 0.29) is 0 Å². The van der Waals surface area contributed by atoms with Gasteiger partial charge >= 0.3 is 0 Å². The first kappa shape index (κ1) is 14.1. The SMILES string of the molecule is COc1cccnc1N1CCN(CC(C)(C)O)CC1. The number of methoxy groups -OCH3 is 1. The Bertz CT molecular complexity index is 409. The summed E-state index contributed by atoms with van der Waals surface area (Å²) >= 11 is 0. The molecule has 1 aliphatic heterocycles. The van der Waals surface area contributed by atoms with Crippen LogP contribution in [0.1, 0.15) is 13.8 Å². The first-order valence-electron chi connectivity index (χ1n) is 6.68. The summed E-state index contributed by atoms with van der Waals surface area (Å²) in [6.45, 7) is 8.09. The highest BCUT2D eigenvalue weighted by atomic mass is 16.5. The zero-order valence-electron chi connectivity index (χ0n) is 12.0. The summed E-state index contributed by atoms with van der Waals surface area (Å²) in [5, 5.41) is 9.85. The van der Waals surface area contributed by atoms with Crippen molar-refractivity contribution in [2.75, 3.05) is 44.7 Å². The molecule has 0 amide bonds. The van der Waals surface area contributed by atoms with Gasteiger partial charge in [0.05, 0.1) is 12.7 Å². The van der Waals surface area contributed by atoms with Crippen LogP contribution in [0.5, 0.6) is 5.75 Å². The van der Waals surface area contributed by atoms with Crippen LogP contribution in [0.3, 0.4) is 0 Å². The van der Waals surface area contributed by atoms with Crippen molar-refractivity contribution < 1.29 is 9.84 Å². The van der Waals surface area contributed by atoms with Gasteiger partial charge in [-0.15, -0.1) is 0 Å². The van der Waals surface area contributed by atoms with Crippen LogP contribution in [0, 0.1) is 0 Å². The highest BCUT2D eigenvalue weighted by Gasteiger charge is 2.24. The lowest BCUT2D eigenvalue weighted by Gasteiger charge is -2.38. The second-order valence-electron chi connectivity index (χ2n) is 5.60. The maximum atomic E-state index is 9.85. The van der Waals surface area contributed by atoms with Crippen LogP contribution in [0.15, 0.2) is 18.3 Å². The van der Waals surface area contributed by atoms with Gasteiger partial charge in [0.1, 0.15) is 0 Å². The van der Waals surface area contributed by atoms with E-state index in [1.165, 1.54) is 0 Å². The molecule has 0 bridgehead atoms. The number of hydrogen-bond acceptors (Lipinski definition) is 5. The summed E-state index contributed by atoms with van der Waals surface area (Å²) in [6, 6.07) is 3.82. The van der Waals surface area contributed by atoms with E-state index in [4.69, 9.17) is 4.74 Å². The van der Waals surface area contributed by atoms with Crippen LogP contribution in [-0.2, 0) is 0 Å². The molecular weight excluding hydrogens is 242 g/mol. The number of β-amino-alcohol motifs (C(OH)–C–C–N with tert-alkyl or cyclic N) is 1. The number of rotatable bonds is 4. The van der Waals surface area contributed by atoms with Crippen molar-refractivity contribution in [1.29, 1.82) is 0 Å². The summed E-state index contributed by atoms with van der Waals surface area (Å²) in [7, 11) is 1.67. The summed E-state index contributed by atoms with van der Waals surface area (Å²) in [5.41, 5.74) is -0.634. The Kier molecular flexibility index (Phi) is 4.27. The Morgan fingerprint density at radius 2 is 2.00 bits per heavy atom. The van der Waals surface area contributed by atoms with Gasteiger partial charge in [-0.25, -0.2) is 4.98 Å². The zero-order chi connectivity index (χ0) is 13.9. The van der Waals surface area contributed by atoms with E-state index in [1.807, 2.05) is 26.0 Å². The van der Waals surface area contributed by atoms with E-state index in [1.54, 1.807) is 13.3 Å². The fraction of sp³-hybridized carbons (Fsp3) is 0.643. The molecule has 0 unspecified atom stereocenters. The number of aromatic nitrogens is 1. The molecule has 1 fully saturated rings. The van der Waals surface area contributed by atoms with Crippen molar-refractivity contribution in [3.05, 3.63) is 18.3 Å². The van der Waals surface area contributed by atoms with Gasteiger partial charge in [-0.3, -0.25) is 4.90 Å². The maximum absolute atomic E-state index is 9.85. The van der Waals surface area contributed by atoms with Crippen LogP contribution in [0.2, 0.25) is 0 Å². The minimum absolute atomic E-state index is 0.634. The zero-order valence-corrected chi connectivity index (χ0v) is 12.0. The molecule has 1 aromatic rings. The fourth-order valence-electron chi connectivity index (χ4n) is 2.44. The number of nitrogens with zero attached hydrogens (tertiary/aromatic N) is 3. The molecule has 106 valence electrons. The third-order valence-electron chi connectivity index (χ3n) is 3.25. The molecule has 19 heavy (non-hydrogen) atoms. The van der Waals surface area contributed by atoms with Gasteiger partial charge < -0.3 is 14.7 Å². The van der Waals surface area contributed by atoms with E-state index >= 15 is 0 Å². The minimum Gasteiger partial charge on any atom is -0.493 e. The number of hydrogen-bond donors (Lipinski definition) is 1. The van der Waals surface area contributed by atoms with Crippen LogP contribution in [0.25, 0.3) is 0 Å². The lowest BCUT2D eigenvalue weighted by Crippen LogP contribution is -2.50. The lowest BCUT2D eigenvalue weighted by molar-refractivity contribution is 0.0344. The quantitative estimate of drug-likeness (QED) is 0.879. The predicted molar refractivity (Wildman–Crippen MR) is 75.7 cm³/mol. The Hall–Kier alpha value is -1.33. The standard InChI is InChI=1S/C14H23N3O2/c1-14(2,18)11-16-7-9-17(10-8-16)13-12(19-3)5-4-6-15-13/h4-6,18H,7-11H2,1-3H3. The van der Waals surface area contributed by atoms with E-state index < -0.39 is 5.60 Å². The molecule has 1 saturated heterocycles. The average Bonchev–Trinajstić information content (AvgIpc) is 2.38. The molecule has 2 heterocycles. The lowest BCUT2D eigenvalue weighted by atomic mass is 10.1. The van der Waals surface area contributed by atoms with Gasteiger partial charge in [0.15, 0.2) is 11.6 Å². The number of anilines is 1. The summed E-state index contributed by atoms with van der Waals surface area (Å²) in [5.74, 6) is 1.73. The third kappa shape index (κ3) is 3.81. The second-order valence-corrected chi connectivity index (χ2v) is 5.60. The Morgan fingerprint density at radius 1 is 1.32 bits per heavy atom. The molecule has 0 aromatic carbocycles. The highest BCUT2D eigenvalue weighted by molar-refractivity contribution is 5.52. The summed E-state index contributed by atoms with van der Waals surface area (Å²) < 4.78 is 5.35. The largest absolute Gasteiger partial charge is 0.493 e. The minimum atomic E-state index is -0.634. The van der Waals surface area contributed by atoms with Crippen LogP contribution in [-0.4, -0.2) is 60.4 Å². The van der Waals surface area contributed by atoms with E-state index in [2.05, 4.69) is 14.8 Å². The van der Waals surface area contributed by atoms with Crippen molar-refractivity contribution in [3.8, 4) is 5.75 Å². The number of piperazine rings is 1. The normalized spacial score (nSPS) is 17.6. The second kappa shape index (κ2) is 5.75. The molecular formula is C14H23N3O2. The molecule has 0 radical (unpaired) electrons. The molecule has 0 saturated carbocycles. The van der Waals surface area contributed by atoms with E-state index in [9.17, 15) is 5.11 Å².